The molecule has 2 heterocycles. The Kier molecular flexibility index (Phi) is 6.90. The molecule has 0 saturated carbocycles. The zero-order valence-corrected chi connectivity index (χ0v) is 17.5. The topological polar surface area (TPSA) is 110 Å². The molecule has 27 heavy (non-hydrogen) atoms. The Hall–Kier alpha value is -1.62. The van der Waals surface area contributed by atoms with Gasteiger partial charge in [0, 0.05) is 24.4 Å². The standard InChI is InChI=1S/C15H23B2N3O5S2/c1-15(2,19-27(23,24)12-8-10(16)13(17)26-12)5-3-7-25-9-20-6-4-11(21)18-14(20)22/h4,6,8,19H,3,5,7,9,16-17H2,1-2H3,(H,18,21,22). The zero-order chi connectivity index (χ0) is 20.2. The van der Waals surface area contributed by atoms with Gasteiger partial charge >= 0.3 is 5.69 Å². The fourth-order valence-corrected chi connectivity index (χ4v) is 5.42. The van der Waals surface area contributed by atoms with Gasteiger partial charge in [-0.2, -0.15) is 0 Å². The first kappa shape index (κ1) is 21.7. The molecule has 0 fully saturated rings. The van der Waals surface area contributed by atoms with Crippen molar-refractivity contribution in [3.8, 4) is 0 Å². The van der Waals surface area contributed by atoms with Crippen LogP contribution < -0.4 is 26.2 Å². The third-order valence-electron chi connectivity index (χ3n) is 4.04. The van der Waals surface area contributed by atoms with E-state index in [0.717, 1.165) is 10.2 Å². The van der Waals surface area contributed by atoms with E-state index in [2.05, 4.69) is 9.71 Å². The van der Waals surface area contributed by atoms with E-state index in [0.29, 0.717) is 23.7 Å². The summed E-state index contributed by atoms with van der Waals surface area (Å²) in [5.74, 6) is 0. The number of thiophene rings is 1. The molecular weight excluding hydrogens is 388 g/mol. The number of nitrogens with zero attached hydrogens (tertiary/aromatic N) is 1. The third-order valence-corrected chi connectivity index (χ3v) is 7.36. The zero-order valence-electron chi connectivity index (χ0n) is 15.9. The summed E-state index contributed by atoms with van der Waals surface area (Å²) < 4.78 is 35.8. The molecule has 0 bridgehead atoms. The lowest BCUT2D eigenvalue weighted by molar-refractivity contribution is 0.0680. The summed E-state index contributed by atoms with van der Waals surface area (Å²) in [4.78, 5) is 24.7. The minimum Gasteiger partial charge on any atom is -0.361 e. The molecule has 2 rings (SSSR count). The SMILES string of the molecule is Bc1cc(S(=O)(=O)NC(C)(C)CCCOCn2ccc(=O)[nH]c2=O)sc1B. The summed E-state index contributed by atoms with van der Waals surface area (Å²) in [5.41, 5.74) is -0.661. The second kappa shape index (κ2) is 8.59. The Morgan fingerprint density at radius 2 is 2.04 bits per heavy atom. The fraction of sp³-hybridized carbons (Fsp3) is 0.467. The van der Waals surface area contributed by atoms with Crippen molar-refractivity contribution in [2.24, 2.45) is 0 Å². The molecule has 0 aromatic carbocycles. The number of sulfonamides is 1. The monoisotopic (exact) mass is 411 g/mol. The predicted molar refractivity (Wildman–Crippen MR) is 112 cm³/mol. The quantitative estimate of drug-likeness (QED) is 0.354. The molecule has 0 saturated heterocycles. The first-order valence-electron chi connectivity index (χ1n) is 8.49. The highest BCUT2D eigenvalue weighted by molar-refractivity contribution is 7.91. The van der Waals surface area contributed by atoms with Gasteiger partial charge in [0.25, 0.3) is 5.56 Å². The number of H-pyrrole nitrogens is 1. The molecule has 0 amide bonds. The van der Waals surface area contributed by atoms with Crippen molar-refractivity contribution in [2.45, 2.75) is 43.2 Å². The first-order chi connectivity index (χ1) is 12.5. The van der Waals surface area contributed by atoms with Crippen molar-refractivity contribution < 1.29 is 13.2 Å². The van der Waals surface area contributed by atoms with Crippen LogP contribution in [0.4, 0.5) is 0 Å². The summed E-state index contributed by atoms with van der Waals surface area (Å²) in [5, 5.41) is 0. The molecule has 0 aliphatic heterocycles. The molecule has 146 valence electrons. The molecule has 0 aliphatic carbocycles. The molecule has 0 aliphatic rings. The Morgan fingerprint density at radius 1 is 1.33 bits per heavy atom. The van der Waals surface area contributed by atoms with Crippen LogP contribution in [0.15, 0.2) is 32.1 Å². The number of hydrogen-bond donors (Lipinski definition) is 2. The van der Waals surface area contributed by atoms with Crippen LogP contribution >= 0.6 is 11.3 Å². The van der Waals surface area contributed by atoms with Gasteiger partial charge in [0.2, 0.25) is 10.0 Å². The average molecular weight is 411 g/mol. The Labute approximate surface area is 163 Å². The van der Waals surface area contributed by atoms with Crippen LogP contribution in [0.5, 0.6) is 0 Å². The molecular formula is C15H23B2N3O5S2. The van der Waals surface area contributed by atoms with E-state index in [1.807, 2.05) is 29.5 Å². The van der Waals surface area contributed by atoms with Crippen molar-refractivity contribution in [3.05, 3.63) is 39.2 Å². The largest absolute Gasteiger partial charge is 0.361 e. The molecule has 0 spiro atoms. The van der Waals surface area contributed by atoms with Crippen molar-refractivity contribution in [2.75, 3.05) is 6.61 Å². The summed E-state index contributed by atoms with van der Waals surface area (Å²) in [7, 11) is 0.221. The maximum absolute atomic E-state index is 12.6. The summed E-state index contributed by atoms with van der Waals surface area (Å²) >= 11 is 1.26. The number of nitrogens with one attached hydrogen (secondary N) is 2. The first-order valence-corrected chi connectivity index (χ1v) is 10.8. The molecule has 2 aromatic heterocycles. The summed E-state index contributed by atoms with van der Waals surface area (Å²) in [6.45, 7) is 4.03. The van der Waals surface area contributed by atoms with Gasteiger partial charge in [0.15, 0.2) is 7.85 Å². The molecule has 0 radical (unpaired) electrons. The predicted octanol–water partition coefficient (Wildman–Crippen LogP) is -2.37. The normalized spacial score (nSPS) is 12.4. The average Bonchev–Trinajstić information content (AvgIpc) is 2.88. The second-order valence-corrected chi connectivity index (χ2v) is 10.2. The fourth-order valence-electron chi connectivity index (χ4n) is 2.46. The highest BCUT2D eigenvalue weighted by Crippen LogP contribution is 2.19. The van der Waals surface area contributed by atoms with Crippen molar-refractivity contribution in [3.63, 3.8) is 0 Å². The van der Waals surface area contributed by atoms with E-state index in [1.165, 1.54) is 28.2 Å². The number of aromatic amines is 1. The smallest absolute Gasteiger partial charge is 0.330 e. The second-order valence-electron chi connectivity index (χ2n) is 7.01. The van der Waals surface area contributed by atoms with Crippen LogP contribution in [-0.2, 0) is 21.5 Å². The van der Waals surface area contributed by atoms with Crippen molar-refractivity contribution in [1.29, 1.82) is 0 Å². The van der Waals surface area contributed by atoms with Crippen LogP contribution in [0.3, 0.4) is 0 Å². The number of rotatable bonds is 9. The summed E-state index contributed by atoms with van der Waals surface area (Å²) in [6.07, 6.45) is 2.54. The van der Waals surface area contributed by atoms with E-state index in [9.17, 15) is 18.0 Å². The lowest BCUT2D eigenvalue weighted by Crippen LogP contribution is -2.43. The highest BCUT2D eigenvalue weighted by atomic mass is 32.2. The van der Waals surface area contributed by atoms with Crippen LogP contribution in [0.25, 0.3) is 0 Å². The Balaban J connectivity index is 1.83. The summed E-state index contributed by atoms with van der Waals surface area (Å²) in [6, 6.07) is 2.93. The van der Waals surface area contributed by atoms with Crippen LogP contribution in [0, 0.1) is 0 Å². The van der Waals surface area contributed by atoms with Gasteiger partial charge in [0.1, 0.15) is 18.8 Å². The minimum absolute atomic E-state index is 0.0233. The van der Waals surface area contributed by atoms with Gasteiger partial charge in [-0.15, -0.1) is 11.3 Å². The van der Waals surface area contributed by atoms with Gasteiger partial charge in [0.05, 0.1) is 0 Å². The van der Waals surface area contributed by atoms with Crippen LogP contribution in [-0.4, -0.2) is 45.8 Å². The number of hydrogen-bond acceptors (Lipinski definition) is 6. The molecule has 2 aromatic rings. The number of ether oxygens (including phenoxy) is 1. The van der Waals surface area contributed by atoms with Gasteiger partial charge < -0.3 is 4.74 Å². The maximum atomic E-state index is 12.6. The van der Waals surface area contributed by atoms with Gasteiger partial charge in [-0.05, 0) is 37.5 Å². The van der Waals surface area contributed by atoms with Crippen LogP contribution in [0.2, 0.25) is 0 Å². The number of aromatic nitrogens is 2. The maximum Gasteiger partial charge on any atom is 0.330 e. The lowest BCUT2D eigenvalue weighted by atomic mass is 9.89. The minimum atomic E-state index is -3.57. The molecule has 0 unspecified atom stereocenters. The third kappa shape index (κ3) is 6.20. The molecule has 2 N–H and O–H groups in total. The highest BCUT2D eigenvalue weighted by Gasteiger charge is 2.27. The van der Waals surface area contributed by atoms with Gasteiger partial charge in [-0.25, -0.2) is 17.9 Å². The van der Waals surface area contributed by atoms with Gasteiger partial charge in [-0.3, -0.25) is 14.3 Å². The molecule has 12 heteroatoms. The Morgan fingerprint density at radius 3 is 2.63 bits per heavy atom. The molecule has 0 atom stereocenters. The van der Waals surface area contributed by atoms with E-state index in [4.69, 9.17) is 4.74 Å². The lowest BCUT2D eigenvalue weighted by Gasteiger charge is -2.25. The Bertz CT molecular complexity index is 991. The van der Waals surface area contributed by atoms with Crippen LogP contribution in [0.1, 0.15) is 26.7 Å². The van der Waals surface area contributed by atoms with E-state index in [1.54, 1.807) is 6.07 Å². The van der Waals surface area contributed by atoms with Crippen molar-refractivity contribution >= 4 is 47.3 Å². The van der Waals surface area contributed by atoms with E-state index >= 15 is 0 Å². The molecule has 8 nitrogen and oxygen atoms in total. The van der Waals surface area contributed by atoms with Crippen molar-refractivity contribution in [1.82, 2.24) is 14.3 Å². The van der Waals surface area contributed by atoms with Gasteiger partial charge in [-0.1, -0.05) is 5.46 Å². The van der Waals surface area contributed by atoms with E-state index in [-0.39, 0.29) is 6.73 Å². The van der Waals surface area contributed by atoms with E-state index < -0.39 is 26.8 Å².